The van der Waals surface area contributed by atoms with E-state index in [9.17, 15) is 18.0 Å². The fourth-order valence-corrected chi connectivity index (χ4v) is 5.37. The van der Waals surface area contributed by atoms with Gasteiger partial charge in [0, 0.05) is 18.8 Å². The van der Waals surface area contributed by atoms with Gasteiger partial charge in [-0.2, -0.15) is 0 Å². The van der Waals surface area contributed by atoms with E-state index in [0.29, 0.717) is 17.1 Å². The van der Waals surface area contributed by atoms with Crippen LogP contribution < -0.4 is 19.2 Å². The minimum Gasteiger partial charge on any atom is -0.497 e. The molecule has 0 aliphatic carbocycles. The summed E-state index contributed by atoms with van der Waals surface area (Å²) in [5.41, 5.74) is 1.60. The maximum absolute atomic E-state index is 13.1. The lowest BCUT2D eigenvalue weighted by Crippen LogP contribution is -2.47. The number of aromatic nitrogens is 1. The molecule has 160 valence electrons. The lowest BCUT2D eigenvalue weighted by atomic mass is 10.1. The maximum atomic E-state index is 13.1. The summed E-state index contributed by atoms with van der Waals surface area (Å²) in [6, 6.07) is 10.8. The van der Waals surface area contributed by atoms with Gasteiger partial charge in [0.25, 0.3) is 0 Å². The Morgan fingerprint density at radius 3 is 2.63 bits per heavy atom. The molecule has 0 spiro atoms. The zero-order valence-corrected chi connectivity index (χ0v) is 18.7. The van der Waals surface area contributed by atoms with Crippen LogP contribution in [0.5, 0.6) is 5.75 Å². The lowest BCUT2D eigenvalue weighted by molar-refractivity contribution is -0.117. The number of hydrogen-bond donors (Lipinski definition) is 1. The maximum Gasteiger partial charge on any atom is 0.307 e. The van der Waals surface area contributed by atoms with Gasteiger partial charge in [-0.05, 0) is 36.8 Å². The number of aryl methyl sites for hydroxylation is 1. The standard InChI is InChI=1S/C20H23N3O5S2/c1-5-16(23(30(4,26)27)14-7-6-8-15(12-14)28-3)19(24)21-13-9-10-17-18(11-13)29-20(25)22(17)2/h6-12,16H,5H2,1-4H3,(H,21,24). The molecule has 0 radical (unpaired) electrons. The van der Waals surface area contributed by atoms with Crippen molar-refractivity contribution in [2.45, 2.75) is 19.4 Å². The molecule has 0 fully saturated rings. The number of carbonyl (C=O) groups is 1. The van der Waals surface area contributed by atoms with Crippen LogP contribution in [-0.2, 0) is 21.9 Å². The van der Waals surface area contributed by atoms with Crippen molar-refractivity contribution < 1.29 is 17.9 Å². The summed E-state index contributed by atoms with van der Waals surface area (Å²) < 4.78 is 33.7. The molecule has 3 aromatic rings. The molecule has 0 aliphatic heterocycles. The van der Waals surface area contributed by atoms with E-state index in [-0.39, 0.29) is 11.3 Å². The van der Waals surface area contributed by atoms with Gasteiger partial charge < -0.3 is 14.6 Å². The van der Waals surface area contributed by atoms with Gasteiger partial charge >= 0.3 is 4.87 Å². The molecular formula is C20H23N3O5S2. The zero-order valence-electron chi connectivity index (χ0n) is 17.1. The molecule has 3 rings (SSSR count). The molecule has 1 heterocycles. The molecular weight excluding hydrogens is 426 g/mol. The Balaban J connectivity index is 1.95. The normalized spacial score (nSPS) is 12.5. The van der Waals surface area contributed by atoms with Crippen molar-refractivity contribution in [3.05, 3.63) is 52.1 Å². The average molecular weight is 450 g/mol. The van der Waals surface area contributed by atoms with E-state index in [2.05, 4.69) is 5.32 Å². The molecule has 1 amide bonds. The number of methoxy groups -OCH3 is 1. The first-order chi connectivity index (χ1) is 14.2. The monoisotopic (exact) mass is 449 g/mol. The first-order valence-electron chi connectivity index (χ1n) is 9.19. The molecule has 10 heteroatoms. The largest absolute Gasteiger partial charge is 0.497 e. The van der Waals surface area contributed by atoms with Crippen LogP contribution in [0.2, 0.25) is 0 Å². The van der Waals surface area contributed by atoms with Gasteiger partial charge in [0.2, 0.25) is 15.9 Å². The van der Waals surface area contributed by atoms with Crippen LogP contribution in [0.3, 0.4) is 0 Å². The van der Waals surface area contributed by atoms with E-state index < -0.39 is 22.0 Å². The van der Waals surface area contributed by atoms with E-state index in [1.807, 2.05) is 0 Å². The van der Waals surface area contributed by atoms with E-state index in [0.717, 1.165) is 32.1 Å². The summed E-state index contributed by atoms with van der Waals surface area (Å²) in [5.74, 6) is 0.0224. The van der Waals surface area contributed by atoms with Gasteiger partial charge in [0.05, 0.1) is 29.3 Å². The fraction of sp³-hybridized carbons (Fsp3) is 0.300. The molecule has 0 saturated carbocycles. The summed E-state index contributed by atoms with van der Waals surface area (Å²) in [7, 11) is -0.581. The minimum absolute atomic E-state index is 0.0961. The van der Waals surface area contributed by atoms with Gasteiger partial charge in [-0.1, -0.05) is 24.3 Å². The summed E-state index contributed by atoms with van der Waals surface area (Å²) in [5, 5.41) is 2.78. The molecule has 0 bridgehead atoms. The van der Waals surface area contributed by atoms with Crippen LogP contribution in [0.1, 0.15) is 13.3 Å². The molecule has 1 N–H and O–H groups in total. The number of amides is 1. The first kappa shape index (κ1) is 21.8. The SMILES string of the molecule is CCC(C(=O)Nc1ccc2c(c1)sc(=O)n2C)N(c1cccc(OC)c1)S(C)(=O)=O. The van der Waals surface area contributed by atoms with Crippen LogP contribution in [-0.4, -0.2) is 38.3 Å². The van der Waals surface area contributed by atoms with Crippen LogP contribution in [0.25, 0.3) is 10.2 Å². The highest BCUT2D eigenvalue weighted by Crippen LogP contribution is 2.27. The quantitative estimate of drug-likeness (QED) is 0.598. The van der Waals surface area contributed by atoms with E-state index >= 15 is 0 Å². The minimum atomic E-state index is -3.75. The van der Waals surface area contributed by atoms with Crippen LogP contribution in [0.15, 0.2) is 47.3 Å². The number of carbonyl (C=O) groups excluding carboxylic acids is 1. The third-order valence-corrected chi connectivity index (χ3v) is 6.87. The number of thiazole rings is 1. The Hall–Kier alpha value is -2.85. The van der Waals surface area contributed by atoms with Crippen LogP contribution >= 0.6 is 11.3 Å². The number of benzene rings is 2. The molecule has 2 aromatic carbocycles. The molecule has 30 heavy (non-hydrogen) atoms. The summed E-state index contributed by atoms with van der Waals surface area (Å²) in [6.45, 7) is 1.74. The predicted octanol–water partition coefficient (Wildman–Crippen LogP) is 2.79. The molecule has 0 saturated heterocycles. The van der Waals surface area contributed by atoms with Crippen molar-refractivity contribution in [3.63, 3.8) is 0 Å². The summed E-state index contributed by atoms with van der Waals surface area (Å²) in [6.07, 6.45) is 1.33. The Morgan fingerprint density at radius 1 is 1.27 bits per heavy atom. The van der Waals surface area contributed by atoms with Gasteiger partial charge in [0.1, 0.15) is 11.8 Å². The Morgan fingerprint density at radius 2 is 2.00 bits per heavy atom. The number of hydrogen-bond acceptors (Lipinski definition) is 6. The third kappa shape index (κ3) is 4.34. The molecule has 1 atom stereocenters. The second-order valence-electron chi connectivity index (χ2n) is 6.78. The number of ether oxygens (including phenoxy) is 1. The summed E-state index contributed by atoms with van der Waals surface area (Å²) in [4.78, 5) is 24.8. The van der Waals surface area contributed by atoms with E-state index in [4.69, 9.17) is 4.74 Å². The number of fused-ring (bicyclic) bond motifs is 1. The number of anilines is 2. The van der Waals surface area contributed by atoms with Gasteiger partial charge in [-0.25, -0.2) is 8.42 Å². The topological polar surface area (TPSA) is 97.7 Å². The Kier molecular flexibility index (Phi) is 6.18. The highest BCUT2D eigenvalue weighted by Gasteiger charge is 2.31. The number of nitrogens with one attached hydrogen (secondary N) is 1. The van der Waals surface area contributed by atoms with Crippen molar-refractivity contribution in [3.8, 4) is 5.75 Å². The molecule has 0 aliphatic rings. The van der Waals surface area contributed by atoms with Crippen LogP contribution in [0, 0.1) is 0 Å². The van der Waals surface area contributed by atoms with Crippen molar-refractivity contribution >= 4 is 48.9 Å². The van der Waals surface area contributed by atoms with Gasteiger partial charge in [-0.15, -0.1) is 0 Å². The average Bonchev–Trinajstić information content (AvgIpc) is 2.98. The predicted molar refractivity (Wildman–Crippen MR) is 120 cm³/mol. The third-order valence-electron chi connectivity index (χ3n) is 4.70. The summed E-state index contributed by atoms with van der Waals surface area (Å²) >= 11 is 1.08. The Bertz CT molecular complexity index is 1250. The molecule has 1 aromatic heterocycles. The van der Waals surface area contributed by atoms with E-state index in [1.54, 1.807) is 56.4 Å². The van der Waals surface area contributed by atoms with Gasteiger partial charge in [0.15, 0.2) is 0 Å². The van der Waals surface area contributed by atoms with Crippen molar-refractivity contribution in [2.75, 3.05) is 23.0 Å². The zero-order chi connectivity index (χ0) is 22.1. The smallest absolute Gasteiger partial charge is 0.307 e. The first-order valence-corrected chi connectivity index (χ1v) is 11.9. The van der Waals surface area contributed by atoms with Crippen molar-refractivity contribution in [1.29, 1.82) is 0 Å². The highest BCUT2D eigenvalue weighted by molar-refractivity contribution is 7.92. The number of nitrogens with zero attached hydrogens (tertiary/aromatic N) is 2. The van der Waals surface area contributed by atoms with Crippen molar-refractivity contribution in [1.82, 2.24) is 4.57 Å². The van der Waals surface area contributed by atoms with Crippen LogP contribution in [0.4, 0.5) is 11.4 Å². The highest BCUT2D eigenvalue weighted by atomic mass is 32.2. The number of rotatable bonds is 7. The second-order valence-corrected chi connectivity index (χ2v) is 9.64. The number of sulfonamides is 1. The fourth-order valence-electron chi connectivity index (χ4n) is 3.25. The van der Waals surface area contributed by atoms with Gasteiger partial charge in [-0.3, -0.25) is 13.9 Å². The Labute approximate surface area is 178 Å². The van der Waals surface area contributed by atoms with Crippen molar-refractivity contribution in [2.24, 2.45) is 7.05 Å². The van der Waals surface area contributed by atoms with E-state index in [1.165, 1.54) is 11.7 Å². The lowest BCUT2D eigenvalue weighted by Gasteiger charge is -2.30. The molecule has 8 nitrogen and oxygen atoms in total. The molecule has 1 unspecified atom stereocenters. The second kappa shape index (κ2) is 8.49.